The Morgan fingerprint density at radius 3 is 2.25 bits per heavy atom. The first-order valence-electron chi connectivity index (χ1n) is 11.2. The lowest BCUT2D eigenvalue weighted by molar-refractivity contribution is -0.141. The molecule has 0 bridgehead atoms. The lowest BCUT2D eigenvalue weighted by Crippen LogP contribution is -2.57. The highest BCUT2D eigenvalue weighted by atomic mass is 32.2. The average molecular weight is 521 g/mol. The maximum absolute atomic E-state index is 13.1. The molecular formula is C23H32N6O6S. The Bertz CT molecular complexity index is 1020. The molecule has 13 heteroatoms. The summed E-state index contributed by atoms with van der Waals surface area (Å²) in [4.78, 5) is 56.6. The lowest BCUT2D eigenvalue weighted by Gasteiger charge is -2.24. The highest BCUT2D eigenvalue weighted by molar-refractivity contribution is 7.98. The third kappa shape index (κ3) is 9.23. The minimum absolute atomic E-state index is 0.0352. The van der Waals surface area contributed by atoms with E-state index < -0.39 is 47.9 Å². The topological polar surface area (TPSA) is 200 Å². The number of aromatic nitrogens is 2. The molecule has 1 heterocycles. The number of nitrogens with two attached hydrogens (primary N) is 1. The number of benzene rings is 1. The molecule has 0 saturated carbocycles. The van der Waals surface area contributed by atoms with Crippen molar-refractivity contribution in [2.24, 2.45) is 5.73 Å². The Morgan fingerprint density at radius 2 is 1.67 bits per heavy atom. The largest absolute Gasteiger partial charge is 0.508 e. The summed E-state index contributed by atoms with van der Waals surface area (Å²) in [7, 11) is 0. The van der Waals surface area contributed by atoms with E-state index in [1.54, 1.807) is 12.1 Å². The van der Waals surface area contributed by atoms with E-state index in [9.17, 15) is 24.3 Å². The molecule has 0 aliphatic rings. The normalized spacial score (nSPS) is 14.2. The zero-order chi connectivity index (χ0) is 26.7. The molecule has 12 nitrogen and oxygen atoms in total. The zero-order valence-electron chi connectivity index (χ0n) is 20.1. The lowest BCUT2D eigenvalue weighted by atomic mass is 10.0. The summed E-state index contributed by atoms with van der Waals surface area (Å²) < 4.78 is 0. The number of amides is 3. The van der Waals surface area contributed by atoms with Crippen LogP contribution in [0.5, 0.6) is 5.75 Å². The number of carbonyl (C=O) groups excluding carboxylic acids is 3. The van der Waals surface area contributed by atoms with Crippen LogP contribution in [0.4, 0.5) is 0 Å². The molecule has 2 aromatic rings. The van der Waals surface area contributed by atoms with E-state index in [4.69, 9.17) is 10.8 Å². The predicted octanol–water partition coefficient (Wildman–Crippen LogP) is -0.460. The van der Waals surface area contributed by atoms with Crippen LogP contribution in [0.2, 0.25) is 0 Å². The number of nitrogens with zero attached hydrogens (tertiary/aromatic N) is 1. The monoisotopic (exact) mass is 520 g/mol. The van der Waals surface area contributed by atoms with Gasteiger partial charge in [0.2, 0.25) is 17.7 Å². The second kappa shape index (κ2) is 14.1. The molecule has 1 aromatic heterocycles. The Hall–Kier alpha value is -3.58. The average Bonchev–Trinajstić information content (AvgIpc) is 3.35. The van der Waals surface area contributed by atoms with Gasteiger partial charge in [-0.15, -0.1) is 0 Å². The number of carboxylic acid groups (broad SMARTS) is 1. The number of phenolic OH excluding ortho intramolecular Hbond substituents is 1. The first-order chi connectivity index (χ1) is 17.1. The van der Waals surface area contributed by atoms with Gasteiger partial charge in [-0.3, -0.25) is 19.2 Å². The Morgan fingerprint density at radius 1 is 1.03 bits per heavy atom. The van der Waals surface area contributed by atoms with E-state index in [1.165, 1.54) is 43.3 Å². The second-order valence-corrected chi connectivity index (χ2v) is 9.22. The molecule has 0 aliphatic heterocycles. The fourth-order valence-electron chi connectivity index (χ4n) is 3.24. The Kier molecular flexibility index (Phi) is 11.2. The maximum Gasteiger partial charge on any atom is 0.325 e. The van der Waals surface area contributed by atoms with Gasteiger partial charge in [0.25, 0.3) is 0 Å². The molecule has 36 heavy (non-hydrogen) atoms. The maximum atomic E-state index is 13.1. The molecule has 4 atom stereocenters. The summed E-state index contributed by atoms with van der Waals surface area (Å²) in [5.74, 6) is -2.40. The molecule has 0 radical (unpaired) electrons. The van der Waals surface area contributed by atoms with Crippen LogP contribution in [0.25, 0.3) is 0 Å². The van der Waals surface area contributed by atoms with Crippen molar-refractivity contribution in [3.05, 3.63) is 48.0 Å². The standard InChI is InChI=1S/C23H32N6O6S/c1-13(23(34)35)27-22(33)19(10-15-11-25-12-26-15)29-21(32)18(7-8-36-2)28-20(31)17(24)9-14-3-5-16(30)6-4-14/h3-6,11-13,17-19,30H,7-10,24H2,1-2H3,(H,25,26)(H,27,33)(H,28,31)(H,29,32)(H,34,35)/t13-,17-,18-,19-/m0/s1. The SMILES string of the molecule is CSCC[C@H](NC(=O)[C@@H](N)Cc1ccc(O)cc1)C(=O)N[C@@H](Cc1cnc[nH]1)C(=O)N[C@@H](C)C(=O)O. The number of phenols is 1. The number of aliphatic carboxylic acids is 1. The van der Waals surface area contributed by atoms with E-state index in [1.807, 2.05) is 6.26 Å². The number of nitrogens with one attached hydrogen (secondary N) is 4. The van der Waals surface area contributed by atoms with Crippen LogP contribution in [0, 0.1) is 0 Å². The molecule has 0 spiro atoms. The number of aromatic amines is 1. The van der Waals surface area contributed by atoms with Crippen molar-refractivity contribution in [3.8, 4) is 5.75 Å². The summed E-state index contributed by atoms with van der Waals surface area (Å²) in [5.41, 5.74) is 7.34. The molecule has 0 saturated heterocycles. The van der Waals surface area contributed by atoms with Gasteiger partial charge in [-0.1, -0.05) is 12.1 Å². The molecule has 0 fully saturated rings. The van der Waals surface area contributed by atoms with Gasteiger partial charge in [-0.2, -0.15) is 11.8 Å². The van der Waals surface area contributed by atoms with Crippen molar-refractivity contribution >= 4 is 35.5 Å². The van der Waals surface area contributed by atoms with Gasteiger partial charge in [0.05, 0.1) is 12.4 Å². The zero-order valence-corrected chi connectivity index (χ0v) is 20.9. The van der Waals surface area contributed by atoms with Crippen molar-refractivity contribution in [2.75, 3.05) is 12.0 Å². The first kappa shape index (κ1) is 28.7. The number of carbonyl (C=O) groups is 4. The van der Waals surface area contributed by atoms with Crippen LogP contribution in [-0.2, 0) is 32.0 Å². The van der Waals surface area contributed by atoms with Crippen LogP contribution in [-0.4, -0.2) is 80.0 Å². The number of H-pyrrole nitrogens is 1. The Labute approximate surface area is 212 Å². The minimum Gasteiger partial charge on any atom is -0.508 e. The fourth-order valence-corrected chi connectivity index (χ4v) is 3.71. The third-order valence-corrected chi connectivity index (χ3v) is 5.96. The summed E-state index contributed by atoms with van der Waals surface area (Å²) in [5, 5.41) is 26.2. The van der Waals surface area contributed by atoms with Gasteiger partial charge in [-0.25, -0.2) is 4.98 Å². The van der Waals surface area contributed by atoms with Crippen LogP contribution in [0.1, 0.15) is 24.6 Å². The first-order valence-corrected chi connectivity index (χ1v) is 12.6. The third-order valence-electron chi connectivity index (χ3n) is 5.31. The van der Waals surface area contributed by atoms with Crippen molar-refractivity contribution in [1.29, 1.82) is 0 Å². The van der Waals surface area contributed by atoms with Gasteiger partial charge in [0.1, 0.15) is 23.9 Å². The van der Waals surface area contributed by atoms with Crippen LogP contribution < -0.4 is 21.7 Å². The van der Waals surface area contributed by atoms with E-state index >= 15 is 0 Å². The van der Waals surface area contributed by atoms with Crippen molar-refractivity contribution in [2.45, 2.75) is 50.4 Å². The van der Waals surface area contributed by atoms with Gasteiger partial charge in [0.15, 0.2) is 0 Å². The van der Waals surface area contributed by atoms with Crippen LogP contribution in [0.3, 0.4) is 0 Å². The number of carboxylic acids is 1. The van der Waals surface area contributed by atoms with E-state index in [-0.39, 0.29) is 25.0 Å². The number of rotatable bonds is 14. The highest BCUT2D eigenvalue weighted by Crippen LogP contribution is 2.11. The quantitative estimate of drug-likeness (QED) is 0.172. The molecule has 1 aromatic carbocycles. The van der Waals surface area contributed by atoms with E-state index in [0.29, 0.717) is 11.4 Å². The van der Waals surface area contributed by atoms with Crippen LogP contribution in [0.15, 0.2) is 36.8 Å². The number of hydrogen-bond acceptors (Lipinski definition) is 8. The molecule has 2 rings (SSSR count). The molecular weight excluding hydrogens is 488 g/mol. The van der Waals surface area contributed by atoms with Gasteiger partial charge >= 0.3 is 5.97 Å². The van der Waals surface area contributed by atoms with E-state index in [0.717, 1.165) is 5.56 Å². The van der Waals surface area contributed by atoms with Crippen molar-refractivity contribution in [3.63, 3.8) is 0 Å². The van der Waals surface area contributed by atoms with E-state index in [2.05, 4.69) is 25.9 Å². The molecule has 0 aliphatic carbocycles. The second-order valence-electron chi connectivity index (χ2n) is 8.23. The predicted molar refractivity (Wildman–Crippen MR) is 134 cm³/mol. The number of hydrogen-bond donors (Lipinski definition) is 7. The van der Waals surface area contributed by atoms with Gasteiger partial charge in [0, 0.05) is 18.3 Å². The highest BCUT2D eigenvalue weighted by Gasteiger charge is 2.29. The number of imidazole rings is 1. The number of thioether (sulfide) groups is 1. The Balaban J connectivity index is 2.10. The summed E-state index contributed by atoms with van der Waals surface area (Å²) in [6.07, 6.45) is 5.28. The van der Waals surface area contributed by atoms with Crippen molar-refractivity contribution in [1.82, 2.24) is 25.9 Å². The molecule has 0 unspecified atom stereocenters. The molecule has 196 valence electrons. The molecule has 8 N–H and O–H groups in total. The fraction of sp³-hybridized carbons (Fsp3) is 0.435. The summed E-state index contributed by atoms with van der Waals surface area (Å²) in [6, 6.07) is 2.09. The smallest absolute Gasteiger partial charge is 0.325 e. The van der Waals surface area contributed by atoms with Crippen LogP contribution >= 0.6 is 11.8 Å². The molecule has 3 amide bonds. The van der Waals surface area contributed by atoms with Gasteiger partial charge in [-0.05, 0) is 49.5 Å². The summed E-state index contributed by atoms with van der Waals surface area (Å²) in [6.45, 7) is 1.31. The minimum atomic E-state index is -1.22. The van der Waals surface area contributed by atoms with Gasteiger partial charge < -0.3 is 36.9 Å². The summed E-state index contributed by atoms with van der Waals surface area (Å²) >= 11 is 1.48. The van der Waals surface area contributed by atoms with Crippen molar-refractivity contribution < 1.29 is 29.4 Å². The number of aromatic hydroxyl groups is 1.